The number of carbonyl (C=O) groups excluding carboxylic acids is 2. The van der Waals surface area contributed by atoms with Gasteiger partial charge in [-0.25, -0.2) is 4.39 Å². The zero-order valence-corrected chi connectivity index (χ0v) is 21.8. The number of carbonyl (C=O) groups is 2. The Morgan fingerprint density at radius 2 is 1.83 bits per heavy atom. The molecule has 1 saturated carbocycles. The number of anilines is 1. The lowest BCUT2D eigenvalue weighted by Crippen LogP contribution is -2.29. The number of nitrogens with one attached hydrogen (secondary N) is 1. The van der Waals surface area contributed by atoms with Crippen LogP contribution in [0, 0.1) is 5.82 Å². The second-order valence-corrected chi connectivity index (χ2v) is 10.8. The Labute approximate surface area is 221 Å². The molecule has 36 heavy (non-hydrogen) atoms. The van der Waals surface area contributed by atoms with E-state index in [-0.39, 0.29) is 23.6 Å². The predicted octanol–water partition coefficient (Wildman–Crippen LogP) is 6.94. The van der Waals surface area contributed by atoms with Gasteiger partial charge in [-0.2, -0.15) is 0 Å². The van der Waals surface area contributed by atoms with Crippen molar-refractivity contribution in [3.05, 3.63) is 64.8 Å². The van der Waals surface area contributed by atoms with Gasteiger partial charge < -0.3 is 10.1 Å². The highest BCUT2D eigenvalue weighted by Crippen LogP contribution is 2.35. The minimum atomic E-state index is -0.448. The highest BCUT2D eigenvalue weighted by Gasteiger charge is 2.31. The smallest absolute Gasteiger partial charge is 0.266 e. The number of benzene rings is 2. The number of ether oxygens (including phenoxy) is 1. The minimum Gasteiger partial charge on any atom is -0.490 e. The van der Waals surface area contributed by atoms with Gasteiger partial charge in [0.15, 0.2) is 0 Å². The van der Waals surface area contributed by atoms with Crippen LogP contribution in [0.3, 0.4) is 0 Å². The van der Waals surface area contributed by atoms with E-state index in [1.165, 1.54) is 43.2 Å². The normalized spacial score (nSPS) is 17.6. The molecule has 190 valence electrons. The maximum atomic E-state index is 13.7. The Morgan fingerprint density at radius 3 is 2.64 bits per heavy atom. The van der Waals surface area contributed by atoms with Crippen LogP contribution in [-0.2, 0) is 9.59 Å². The third-order valence-electron chi connectivity index (χ3n) is 6.36. The van der Waals surface area contributed by atoms with Crippen molar-refractivity contribution in [2.45, 2.75) is 63.9 Å². The number of hydrogen-bond acceptors (Lipinski definition) is 5. The number of thiocarbonyl (C=S) groups is 1. The van der Waals surface area contributed by atoms with Crippen LogP contribution in [0.1, 0.15) is 63.4 Å². The molecule has 2 fully saturated rings. The van der Waals surface area contributed by atoms with Crippen LogP contribution in [0.25, 0.3) is 6.08 Å². The van der Waals surface area contributed by atoms with Gasteiger partial charge in [-0.05, 0) is 62.8 Å². The Bertz CT molecular complexity index is 1130. The van der Waals surface area contributed by atoms with Crippen LogP contribution in [0.4, 0.5) is 10.1 Å². The van der Waals surface area contributed by atoms with Crippen LogP contribution in [-0.4, -0.2) is 33.7 Å². The van der Waals surface area contributed by atoms with Crippen molar-refractivity contribution >= 4 is 51.9 Å². The summed E-state index contributed by atoms with van der Waals surface area (Å²) >= 11 is 6.79. The van der Waals surface area contributed by atoms with Crippen molar-refractivity contribution in [2.24, 2.45) is 0 Å². The molecule has 0 unspecified atom stereocenters. The number of halogens is 1. The third kappa shape index (κ3) is 7.17. The molecule has 0 bridgehead atoms. The van der Waals surface area contributed by atoms with Gasteiger partial charge in [0, 0.05) is 18.5 Å². The highest BCUT2D eigenvalue weighted by molar-refractivity contribution is 8.26. The van der Waals surface area contributed by atoms with Crippen molar-refractivity contribution in [3.8, 4) is 5.75 Å². The Hall–Kier alpha value is -2.71. The second kappa shape index (κ2) is 13.0. The number of nitrogens with zero attached hydrogens (tertiary/aromatic N) is 1. The summed E-state index contributed by atoms with van der Waals surface area (Å²) in [6, 6.07) is 13.9. The minimum absolute atomic E-state index is 0.0882. The monoisotopic (exact) mass is 526 g/mol. The summed E-state index contributed by atoms with van der Waals surface area (Å²) in [4.78, 5) is 27.3. The van der Waals surface area contributed by atoms with Crippen molar-refractivity contribution in [1.29, 1.82) is 0 Å². The van der Waals surface area contributed by atoms with Crippen LogP contribution >= 0.6 is 24.0 Å². The van der Waals surface area contributed by atoms with Crippen molar-refractivity contribution in [3.63, 3.8) is 0 Å². The van der Waals surface area contributed by atoms with E-state index in [0.29, 0.717) is 28.6 Å². The quantitative estimate of drug-likeness (QED) is 0.207. The number of hydrogen-bond donors (Lipinski definition) is 1. The molecule has 4 rings (SSSR count). The van der Waals surface area contributed by atoms with E-state index < -0.39 is 5.82 Å². The molecule has 2 aromatic rings. The van der Waals surface area contributed by atoms with E-state index in [0.717, 1.165) is 37.0 Å². The zero-order valence-electron chi connectivity index (χ0n) is 20.2. The van der Waals surface area contributed by atoms with E-state index in [9.17, 15) is 14.0 Å². The number of amides is 2. The maximum Gasteiger partial charge on any atom is 0.266 e. The summed E-state index contributed by atoms with van der Waals surface area (Å²) < 4.78 is 20.5. The fourth-order valence-corrected chi connectivity index (χ4v) is 5.71. The molecule has 8 heteroatoms. The van der Waals surface area contributed by atoms with Gasteiger partial charge in [0.05, 0.1) is 16.7 Å². The van der Waals surface area contributed by atoms with Crippen molar-refractivity contribution in [2.75, 3.05) is 11.9 Å². The summed E-state index contributed by atoms with van der Waals surface area (Å²) in [6.45, 7) is 0.511. The lowest BCUT2D eigenvalue weighted by molar-refractivity contribution is -0.122. The standard InChI is InChI=1S/C28H31FN2O3S2/c29-22-14-7-8-15-23(22)30-26(32)17-5-2-10-18-31-27(33)25(36-28(31)35)19-20-11-6-9-16-24(20)34-21-12-3-1-4-13-21/h6-9,11,14-16,19,21H,1-5,10,12-13,17-18H2,(H,30,32)/b25-19-. The fourth-order valence-electron chi connectivity index (χ4n) is 4.41. The number of rotatable bonds is 10. The van der Waals surface area contributed by atoms with Crippen molar-refractivity contribution in [1.82, 2.24) is 4.90 Å². The molecule has 1 saturated heterocycles. The van der Waals surface area contributed by atoms with Gasteiger partial charge in [0.1, 0.15) is 15.9 Å². The van der Waals surface area contributed by atoms with Gasteiger partial charge >= 0.3 is 0 Å². The van der Waals surface area contributed by atoms with E-state index >= 15 is 0 Å². The first-order chi connectivity index (χ1) is 17.5. The highest BCUT2D eigenvalue weighted by atomic mass is 32.2. The second-order valence-electron chi connectivity index (χ2n) is 9.09. The van der Waals surface area contributed by atoms with Crippen LogP contribution in [0.15, 0.2) is 53.4 Å². The summed E-state index contributed by atoms with van der Waals surface area (Å²) in [6.07, 6.45) is 10.4. The average molecular weight is 527 g/mol. The zero-order chi connectivity index (χ0) is 25.3. The number of thioether (sulfide) groups is 1. The lowest BCUT2D eigenvalue weighted by Gasteiger charge is -2.23. The molecular formula is C28H31FN2O3S2. The molecule has 0 spiro atoms. The predicted molar refractivity (Wildman–Crippen MR) is 147 cm³/mol. The van der Waals surface area contributed by atoms with Gasteiger partial charge in [-0.15, -0.1) is 0 Å². The van der Waals surface area contributed by atoms with Gasteiger partial charge in [0.2, 0.25) is 5.91 Å². The van der Waals surface area contributed by atoms with Gasteiger partial charge in [0.25, 0.3) is 5.91 Å². The molecule has 5 nitrogen and oxygen atoms in total. The van der Waals surface area contributed by atoms with Crippen LogP contribution < -0.4 is 10.1 Å². The summed E-state index contributed by atoms with van der Waals surface area (Å²) in [7, 11) is 0. The Balaban J connectivity index is 1.25. The first kappa shape index (κ1) is 26.4. The molecule has 1 aliphatic carbocycles. The van der Waals surface area contributed by atoms with Crippen LogP contribution in [0.5, 0.6) is 5.75 Å². The molecule has 0 atom stereocenters. The molecule has 1 heterocycles. The van der Waals surface area contributed by atoms with E-state index in [2.05, 4.69) is 5.32 Å². The summed E-state index contributed by atoms with van der Waals surface area (Å²) in [5.41, 5.74) is 1.09. The average Bonchev–Trinajstić information content (AvgIpc) is 3.14. The molecule has 1 N–H and O–H groups in total. The maximum absolute atomic E-state index is 13.7. The Morgan fingerprint density at radius 1 is 1.08 bits per heavy atom. The molecular weight excluding hydrogens is 495 g/mol. The molecule has 2 aliphatic rings. The largest absolute Gasteiger partial charge is 0.490 e. The molecule has 0 radical (unpaired) electrons. The fraction of sp³-hybridized carbons (Fsp3) is 0.393. The van der Waals surface area contributed by atoms with Crippen molar-refractivity contribution < 1.29 is 18.7 Å². The Kier molecular flexibility index (Phi) is 9.53. The summed E-state index contributed by atoms with van der Waals surface area (Å²) in [5, 5.41) is 2.60. The van der Waals surface area contributed by atoms with E-state index in [4.69, 9.17) is 17.0 Å². The topological polar surface area (TPSA) is 58.6 Å². The van der Waals surface area contributed by atoms with Crippen LogP contribution in [0.2, 0.25) is 0 Å². The number of para-hydroxylation sites is 2. The van der Waals surface area contributed by atoms with E-state index in [1.807, 2.05) is 30.3 Å². The SMILES string of the molecule is O=C(CCCCCN1C(=O)/C(=C/c2ccccc2OC2CCCCC2)SC1=S)Nc1ccccc1F. The van der Waals surface area contributed by atoms with Gasteiger partial charge in [-0.1, -0.05) is 67.2 Å². The first-order valence-electron chi connectivity index (χ1n) is 12.6. The van der Waals surface area contributed by atoms with Gasteiger partial charge in [-0.3, -0.25) is 14.5 Å². The van der Waals surface area contributed by atoms with E-state index in [1.54, 1.807) is 17.0 Å². The molecule has 0 aromatic heterocycles. The summed E-state index contributed by atoms with van der Waals surface area (Å²) in [5.74, 6) is 0.0530. The molecule has 2 amide bonds. The molecule has 2 aromatic carbocycles. The molecule has 1 aliphatic heterocycles. The third-order valence-corrected chi connectivity index (χ3v) is 7.74. The first-order valence-corrected chi connectivity index (χ1v) is 13.8. The lowest BCUT2D eigenvalue weighted by atomic mass is 9.97. The number of unbranched alkanes of at least 4 members (excludes halogenated alkanes) is 2.